The summed E-state index contributed by atoms with van der Waals surface area (Å²) in [4.78, 5) is 13.1. The van der Waals surface area contributed by atoms with Crippen molar-refractivity contribution in [2.45, 2.75) is 62.4 Å². The molecule has 146 valence electrons. The molecule has 2 heterocycles. The molecule has 0 unspecified atom stereocenters. The zero-order valence-electron chi connectivity index (χ0n) is 15.3. The summed E-state index contributed by atoms with van der Waals surface area (Å²) >= 11 is 0.994. The maximum Gasteiger partial charge on any atom is 0.246 e. The van der Waals surface area contributed by atoms with Crippen molar-refractivity contribution in [2.24, 2.45) is 5.92 Å². The van der Waals surface area contributed by atoms with E-state index >= 15 is 0 Å². The monoisotopic (exact) mass is 408 g/mol. The number of nitrogens with one attached hydrogen (secondary N) is 1. The minimum atomic E-state index is -3.81. The van der Waals surface area contributed by atoms with E-state index in [0.29, 0.717) is 36.3 Å². The molecule has 27 heavy (non-hydrogen) atoms. The number of amides is 1. The first-order valence-corrected chi connectivity index (χ1v) is 11.7. The molecule has 1 aromatic heterocycles. The summed E-state index contributed by atoms with van der Waals surface area (Å²) in [5.41, 5.74) is 0.951. The Morgan fingerprint density at radius 2 is 2.00 bits per heavy atom. The third-order valence-electron chi connectivity index (χ3n) is 5.78. The molecule has 0 radical (unpaired) electrons. The van der Waals surface area contributed by atoms with Crippen molar-refractivity contribution in [3.05, 3.63) is 18.2 Å². The second kappa shape index (κ2) is 7.44. The third kappa shape index (κ3) is 3.48. The van der Waals surface area contributed by atoms with Crippen LogP contribution in [0.4, 0.5) is 0 Å². The van der Waals surface area contributed by atoms with Gasteiger partial charge in [0.15, 0.2) is 0 Å². The topological polar surface area (TPSA) is 92.3 Å². The van der Waals surface area contributed by atoms with Crippen LogP contribution in [0.1, 0.15) is 45.4 Å². The molecule has 0 spiro atoms. The number of aromatic nitrogens is 2. The summed E-state index contributed by atoms with van der Waals surface area (Å²) in [5, 5.41) is 3.13. The molecule has 9 heteroatoms. The van der Waals surface area contributed by atoms with Gasteiger partial charge >= 0.3 is 0 Å². The van der Waals surface area contributed by atoms with Gasteiger partial charge in [-0.3, -0.25) is 4.79 Å². The van der Waals surface area contributed by atoms with E-state index in [1.54, 1.807) is 18.2 Å². The SMILES string of the molecule is C[C@@H]1CCCC[C@@H]1NC(=O)[C@H]1CCCN1S(=O)(=O)c1cccc2nsnc12. The van der Waals surface area contributed by atoms with Gasteiger partial charge in [0.2, 0.25) is 15.9 Å². The van der Waals surface area contributed by atoms with E-state index in [4.69, 9.17) is 0 Å². The number of hydrogen-bond acceptors (Lipinski definition) is 6. The highest BCUT2D eigenvalue weighted by atomic mass is 32.2. The van der Waals surface area contributed by atoms with E-state index in [9.17, 15) is 13.2 Å². The molecule has 4 rings (SSSR count). The Morgan fingerprint density at radius 1 is 1.19 bits per heavy atom. The Morgan fingerprint density at radius 3 is 2.81 bits per heavy atom. The zero-order valence-corrected chi connectivity index (χ0v) is 16.9. The highest BCUT2D eigenvalue weighted by Gasteiger charge is 2.41. The first-order chi connectivity index (χ1) is 13.0. The Kier molecular flexibility index (Phi) is 5.17. The summed E-state index contributed by atoms with van der Waals surface area (Å²) in [5.74, 6) is 0.266. The van der Waals surface area contributed by atoms with Crippen molar-refractivity contribution in [3.8, 4) is 0 Å². The molecule has 2 aromatic rings. The van der Waals surface area contributed by atoms with Crippen LogP contribution in [-0.4, -0.2) is 46.0 Å². The Labute approximate surface area is 163 Å². The molecule has 1 aliphatic heterocycles. The van der Waals surface area contributed by atoms with Crippen molar-refractivity contribution in [1.82, 2.24) is 18.4 Å². The number of sulfonamides is 1. The van der Waals surface area contributed by atoms with Gasteiger partial charge in [-0.15, -0.1) is 0 Å². The largest absolute Gasteiger partial charge is 0.352 e. The zero-order chi connectivity index (χ0) is 19.0. The van der Waals surface area contributed by atoms with E-state index in [-0.39, 0.29) is 16.8 Å². The Balaban J connectivity index is 1.58. The first-order valence-electron chi connectivity index (χ1n) is 9.52. The van der Waals surface area contributed by atoms with Crippen LogP contribution in [0, 0.1) is 5.92 Å². The van der Waals surface area contributed by atoms with Crippen LogP contribution in [0.3, 0.4) is 0 Å². The molecule has 3 atom stereocenters. The highest BCUT2D eigenvalue weighted by Crippen LogP contribution is 2.31. The Hall–Kier alpha value is -1.58. The molecule has 2 fully saturated rings. The molecule has 1 aromatic carbocycles. The molecule has 1 saturated carbocycles. The first kappa shape index (κ1) is 18.8. The molecule has 1 saturated heterocycles. The van der Waals surface area contributed by atoms with Crippen molar-refractivity contribution in [3.63, 3.8) is 0 Å². The number of nitrogens with zero attached hydrogens (tertiary/aromatic N) is 3. The number of carbonyl (C=O) groups is 1. The van der Waals surface area contributed by atoms with Crippen LogP contribution in [0.15, 0.2) is 23.1 Å². The maximum atomic E-state index is 13.3. The minimum absolute atomic E-state index is 0.138. The van der Waals surface area contributed by atoms with Gasteiger partial charge in [0.05, 0.1) is 11.7 Å². The molecular formula is C18H24N4O3S2. The highest BCUT2D eigenvalue weighted by molar-refractivity contribution is 7.89. The maximum absolute atomic E-state index is 13.3. The van der Waals surface area contributed by atoms with Crippen LogP contribution in [0.25, 0.3) is 11.0 Å². The van der Waals surface area contributed by atoms with Crippen LogP contribution in [0.2, 0.25) is 0 Å². The fraction of sp³-hybridized carbons (Fsp3) is 0.611. The van der Waals surface area contributed by atoms with Gasteiger partial charge in [-0.2, -0.15) is 13.1 Å². The van der Waals surface area contributed by atoms with E-state index in [1.807, 2.05) is 0 Å². The molecular weight excluding hydrogens is 384 g/mol. The summed E-state index contributed by atoms with van der Waals surface area (Å²) in [6.45, 7) is 2.51. The number of rotatable bonds is 4. The van der Waals surface area contributed by atoms with E-state index in [2.05, 4.69) is 21.0 Å². The van der Waals surface area contributed by atoms with E-state index in [1.165, 1.54) is 10.7 Å². The molecule has 2 aliphatic rings. The standard InChI is InChI=1S/C18H24N4O3S2/c1-12-6-2-3-7-13(12)19-18(23)15-9-5-11-22(15)27(24,25)16-10-4-8-14-17(16)21-26-20-14/h4,8,10,12-13,15H,2-3,5-7,9,11H2,1H3,(H,19,23)/t12-,13+,15-/m1/s1. The van der Waals surface area contributed by atoms with Crippen molar-refractivity contribution in [2.75, 3.05) is 6.54 Å². The predicted octanol–water partition coefficient (Wildman–Crippen LogP) is 2.54. The van der Waals surface area contributed by atoms with Gasteiger partial charge in [-0.25, -0.2) is 8.42 Å². The molecule has 1 amide bonds. The second-order valence-electron chi connectivity index (χ2n) is 7.54. The van der Waals surface area contributed by atoms with Gasteiger partial charge in [0, 0.05) is 12.6 Å². The minimum Gasteiger partial charge on any atom is -0.352 e. The molecule has 1 N–H and O–H groups in total. The number of fused-ring (bicyclic) bond motifs is 1. The van der Waals surface area contributed by atoms with E-state index < -0.39 is 16.1 Å². The summed E-state index contributed by atoms with van der Waals surface area (Å²) < 4.78 is 36.2. The number of hydrogen-bond donors (Lipinski definition) is 1. The normalized spacial score (nSPS) is 27.1. The van der Waals surface area contributed by atoms with Crippen molar-refractivity contribution in [1.29, 1.82) is 0 Å². The Bertz CT molecular complexity index is 943. The molecule has 7 nitrogen and oxygen atoms in total. The van der Waals surface area contributed by atoms with Crippen LogP contribution >= 0.6 is 11.7 Å². The average molecular weight is 409 g/mol. The van der Waals surface area contributed by atoms with Gasteiger partial charge < -0.3 is 5.32 Å². The summed E-state index contributed by atoms with van der Waals surface area (Å²) in [6.07, 6.45) is 5.62. The lowest BCUT2D eigenvalue weighted by atomic mass is 9.86. The quantitative estimate of drug-likeness (QED) is 0.839. The molecule has 1 aliphatic carbocycles. The van der Waals surface area contributed by atoms with Crippen molar-refractivity contribution < 1.29 is 13.2 Å². The average Bonchev–Trinajstić information content (AvgIpc) is 3.32. The summed E-state index contributed by atoms with van der Waals surface area (Å²) in [7, 11) is -3.81. The van der Waals surface area contributed by atoms with E-state index in [0.717, 1.165) is 31.0 Å². The third-order valence-corrected chi connectivity index (χ3v) is 8.26. The van der Waals surface area contributed by atoms with Gasteiger partial charge in [-0.1, -0.05) is 25.8 Å². The van der Waals surface area contributed by atoms with Crippen molar-refractivity contribution >= 4 is 38.7 Å². The van der Waals surface area contributed by atoms with Crippen LogP contribution in [0.5, 0.6) is 0 Å². The summed E-state index contributed by atoms with van der Waals surface area (Å²) in [6, 6.07) is 4.46. The fourth-order valence-electron chi connectivity index (χ4n) is 4.22. The van der Waals surface area contributed by atoms with Crippen LogP contribution < -0.4 is 5.32 Å². The number of benzene rings is 1. The van der Waals surface area contributed by atoms with Gasteiger partial charge in [-0.05, 0) is 43.7 Å². The van der Waals surface area contributed by atoms with Gasteiger partial charge in [0.25, 0.3) is 0 Å². The smallest absolute Gasteiger partial charge is 0.246 e. The lowest BCUT2D eigenvalue weighted by Crippen LogP contribution is -2.50. The van der Waals surface area contributed by atoms with Crippen LogP contribution in [-0.2, 0) is 14.8 Å². The fourth-order valence-corrected chi connectivity index (χ4v) is 6.63. The lowest BCUT2D eigenvalue weighted by Gasteiger charge is -2.32. The van der Waals surface area contributed by atoms with Gasteiger partial charge in [0.1, 0.15) is 22.0 Å². The molecule has 0 bridgehead atoms. The lowest BCUT2D eigenvalue weighted by molar-refractivity contribution is -0.125. The second-order valence-corrected chi connectivity index (χ2v) is 9.93. The predicted molar refractivity (Wildman–Crippen MR) is 104 cm³/mol. The number of carbonyl (C=O) groups excluding carboxylic acids is 1.